The summed E-state index contributed by atoms with van der Waals surface area (Å²) in [5, 5.41) is 3.63. The minimum absolute atomic E-state index is 0.642. The predicted molar refractivity (Wildman–Crippen MR) is 179 cm³/mol. The first kappa shape index (κ1) is 24.5. The molecule has 9 rings (SSSR count). The SMILES string of the molecule is c1ccc(-c2nc(-c3ccccc3)nc(-c3cccc(-c4c5ccccc5n5ccc6c7ccccc7[nH]c6c45)c3)n2)cc1. The summed E-state index contributed by atoms with van der Waals surface area (Å²) in [6.07, 6.45) is 2.19. The molecule has 0 atom stereocenters. The van der Waals surface area contributed by atoms with Crippen LogP contribution in [0.4, 0.5) is 0 Å². The third-order valence-electron chi connectivity index (χ3n) is 8.39. The molecule has 4 heterocycles. The van der Waals surface area contributed by atoms with Crippen LogP contribution in [0.25, 0.3) is 83.5 Å². The van der Waals surface area contributed by atoms with E-state index in [1.165, 1.54) is 27.2 Å². The van der Waals surface area contributed by atoms with Gasteiger partial charge in [0.15, 0.2) is 17.5 Å². The van der Waals surface area contributed by atoms with Crippen LogP contribution < -0.4 is 0 Å². The van der Waals surface area contributed by atoms with E-state index in [1.807, 2.05) is 60.7 Å². The Morgan fingerprint density at radius 2 is 1.02 bits per heavy atom. The molecule has 0 aliphatic heterocycles. The van der Waals surface area contributed by atoms with Gasteiger partial charge in [-0.2, -0.15) is 0 Å². The number of nitrogens with zero attached hydrogens (tertiary/aromatic N) is 4. The van der Waals surface area contributed by atoms with Gasteiger partial charge < -0.3 is 9.38 Å². The summed E-state index contributed by atoms with van der Waals surface area (Å²) in [5.41, 5.74) is 9.71. The lowest BCUT2D eigenvalue weighted by Gasteiger charge is -2.10. The fourth-order valence-corrected chi connectivity index (χ4v) is 6.38. The quantitative estimate of drug-likeness (QED) is 0.232. The highest BCUT2D eigenvalue weighted by atomic mass is 15.0. The zero-order chi connectivity index (χ0) is 29.0. The van der Waals surface area contributed by atoms with Gasteiger partial charge in [-0.05, 0) is 29.8 Å². The van der Waals surface area contributed by atoms with Gasteiger partial charge in [-0.3, -0.25) is 0 Å². The smallest absolute Gasteiger partial charge is 0.164 e. The number of hydrogen-bond donors (Lipinski definition) is 1. The number of para-hydroxylation sites is 2. The van der Waals surface area contributed by atoms with E-state index in [4.69, 9.17) is 15.0 Å². The van der Waals surface area contributed by atoms with Crippen molar-refractivity contribution in [3.63, 3.8) is 0 Å². The van der Waals surface area contributed by atoms with Crippen LogP contribution in [0.2, 0.25) is 0 Å². The second-order valence-corrected chi connectivity index (χ2v) is 11.0. The average Bonchev–Trinajstić information content (AvgIpc) is 3.65. The van der Waals surface area contributed by atoms with Crippen LogP contribution in [-0.2, 0) is 0 Å². The third-order valence-corrected chi connectivity index (χ3v) is 8.39. The minimum atomic E-state index is 0.642. The summed E-state index contributed by atoms with van der Waals surface area (Å²) < 4.78 is 2.30. The summed E-state index contributed by atoms with van der Waals surface area (Å²) >= 11 is 0. The molecule has 206 valence electrons. The number of aromatic amines is 1. The number of benzene rings is 5. The van der Waals surface area contributed by atoms with Crippen molar-refractivity contribution in [3.05, 3.63) is 146 Å². The Bertz CT molecular complexity index is 2430. The average molecular weight is 564 g/mol. The number of fused-ring (bicyclic) bond motifs is 7. The lowest BCUT2D eigenvalue weighted by molar-refractivity contribution is 1.07. The maximum absolute atomic E-state index is 4.99. The molecular weight excluding hydrogens is 538 g/mol. The van der Waals surface area contributed by atoms with Crippen molar-refractivity contribution in [2.24, 2.45) is 0 Å². The highest BCUT2D eigenvalue weighted by Crippen LogP contribution is 2.41. The van der Waals surface area contributed by atoms with Gasteiger partial charge in [0, 0.05) is 50.1 Å². The van der Waals surface area contributed by atoms with Crippen molar-refractivity contribution in [1.82, 2.24) is 24.3 Å². The molecule has 0 amide bonds. The Morgan fingerprint density at radius 3 is 1.75 bits per heavy atom. The number of nitrogens with one attached hydrogen (secondary N) is 1. The third kappa shape index (κ3) is 3.83. The fourth-order valence-electron chi connectivity index (χ4n) is 6.38. The van der Waals surface area contributed by atoms with Crippen molar-refractivity contribution in [2.45, 2.75) is 0 Å². The topological polar surface area (TPSA) is 58.9 Å². The molecule has 0 bridgehead atoms. The number of pyridine rings is 1. The molecule has 44 heavy (non-hydrogen) atoms. The van der Waals surface area contributed by atoms with Crippen molar-refractivity contribution in [3.8, 4) is 45.3 Å². The molecule has 0 radical (unpaired) electrons. The first-order chi connectivity index (χ1) is 21.8. The van der Waals surface area contributed by atoms with E-state index in [9.17, 15) is 0 Å². The van der Waals surface area contributed by atoms with Gasteiger partial charge in [0.1, 0.15) is 0 Å². The van der Waals surface area contributed by atoms with E-state index in [0.717, 1.165) is 38.8 Å². The molecule has 1 N–H and O–H groups in total. The molecule has 5 aromatic carbocycles. The Hall–Kier alpha value is -6.07. The van der Waals surface area contributed by atoms with Gasteiger partial charge in [0.2, 0.25) is 0 Å². The molecule has 0 spiro atoms. The summed E-state index contributed by atoms with van der Waals surface area (Å²) in [4.78, 5) is 18.6. The summed E-state index contributed by atoms with van der Waals surface area (Å²) in [5.74, 6) is 1.95. The van der Waals surface area contributed by atoms with Gasteiger partial charge in [-0.25, -0.2) is 15.0 Å². The number of H-pyrrole nitrogens is 1. The maximum atomic E-state index is 4.99. The molecule has 0 saturated heterocycles. The van der Waals surface area contributed by atoms with Crippen molar-refractivity contribution in [2.75, 3.05) is 0 Å². The molecular formula is C39H25N5. The van der Waals surface area contributed by atoms with Crippen LogP contribution >= 0.6 is 0 Å². The van der Waals surface area contributed by atoms with Gasteiger partial charge in [0.25, 0.3) is 0 Å². The molecule has 0 fully saturated rings. The monoisotopic (exact) mass is 563 g/mol. The van der Waals surface area contributed by atoms with Crippen molar-refractivity contribution >= 4 is 38.2 Å². The van der Waals surface area contributed by atoms with Crippen LogP contribution in [0, 0.1) is 0 Å². The van der Waals surface area contributed by atoms with E-state index in [2.05, 4.69) is 94.4 Å². The van der Waals surface area contributed by atoms with Crippen LogP contribution in [0.3, 0.4) is 0 Å². The van der Waals surface area contributed by atoms with Crippen molar-refractivity contribution in [1.29, 1.82) is 0 Å². The first-order valence-electron chi connectivity index (χ1n) is 14.7. The van der Waals surface area contributed by atoms with Crippen LogP contribution in [-0.4, -0.2) is 24.3 Å². The van der Waals surface area contributed by atoms with Crippen molar-refractivity contribution < 1.29 is 0 Å². The van der Waals surface area contributed by atoms with Gasteiger partial charge in [-0.1, -0.05) is 115 Å². The normalized spacial score (nSPS) is 11.6. The Balaban J connectivity index is 1.30. The zero-order valence-corrected chi connectivity index (χ0v) is 23.6. The first-order valence-corrected chi connectivity index (χ1v) is 14.7. The maximum Gasteiger partial charge on any atom is 0.164 e. The van der Waals surface area contributed by atoms with E-state index in [0.29, 0.717) is 17.5 Å². The summed E-state index contributed by atoms with van der Waals surface area (Å²) in [7, 11) is 0. The van der Waals surface area contributed by atoms with Crippen LogP contribution in [0.1, 0.15) is 0 Å². The minimum Gasteiger partial charge on any atom is -0.353 e. The van der Waals surface area contributed by atoms with Gasteiger partial charge >= 0.3 is 0 Å². The summed E-state index contributed by atoms with van der Waals surface area (Å²) in [6.45, 7) is 0. The summed E-state index contributed by atoms with van der Waals surface area (Å²) in [6, 6.07) is 48.1. The van der Waals surface area contributed by atoms with Crippen LogP contribution in [0.5, 0.6) is 0 Å². The lowest BCUT2D eigenvalue weighted by atomic mass is 9.99. The lowest BCUT2D eigenvalue weighted by Crippen LogP contribution is -2.00. The van der Waals surface area contributed by atoms with E-state index < -0.39 is 0 Å². The largest absolute Gasteiger partial charge is 0.353 e. The second-order valence-electron chi connectivity index (χ2n) is 11.0. The Kier molecular flexibility index (Phi) is 5.43. The molecule has 0 aliphatic rings. The van der Waals surface area contributed by atoms with Gasteiger partial charge in [-0.15, -0.1) is 0 Å². The molecule has 5 nitrogen and oxygen atoms in total. The number of hydrogen-bond acceptors (Lipinski definition) is 3. The highest BCUT2D eigenvalue weighted by molar-refractivity contribution is 6.19. The van der Waals surface area contributed by atoms with E-state index in [1.54, 1.807) is 0 Å². The molecule has 0 aliphatic carbocycles. The fraction of sp³-hybridized carbons (Fsp3) is 0. The highest BCUT2D eigenvalue weighted by Gasteiger charge is 2.19. The zero-order valence-electron chi connectivity index (χ0n) is 23.6. The second kappa shape index (κ2) is 9.75. The molecule has 9 aromatic rings. The Morgan fingerprint density at radius 1 is 0.455 bits per heavy atom. The standard InChI is InChI=1S/C39H25N5/c1-3-12-25(13-4-1)37-41-38(26-14-5-2-6-15-26)43-39(42-37)28-17-11-16-27(24-28)34-31-19-8-10-21-33(31)44-23-22-30-29-18-7-9-20-32(29)40-35(30)36(34)44/h1-24,40H. The molecule has 0 unspecified atom stereocenters. The molecule has 4 aromatic heterocycles. The number of rotatable bonds is 4. The number of aromatic nitrogens is 5. The molecule has 0 saturated carbocycles. The van der Waals surface area contributed by atoms with Gasteiger partial charge in [0.05, 0.1) is 16.6 Å². The Labute approximate surface area is 253 Å². The van der Waals surface area contributed by atoms with E-state index in [-0.39, 0.29) is 0 Å². The molecule has 5 heteroatoms. The predicted octanol–water partition coefficient (Wildman–Crippen LogP) is 9.58. The van der Waals surface area contributed by atoms with Crippen LogP contribution in [0.15, 0.2) is 146 Å². The van der Waals surface area contributed by atoms with E-state index >= 15 is 0 Å².